The smallest absolute Gasteiger partial charge is 0.0817 e. The molecule has 112 valence electrons. The number of aliphatic hydroxyl groups excluding tert-OH is 1. The lowest BCUT2D eigenvalue weighted by atomic mass is 10.1. The minimum atomic E-state index is -0.567. The van der Waals surface area contributed by atoms with Gasteiger partial charge >= 0.3 is 0 Å². The molecule has 0 spiro atoms. The number of benzene rings is 1. The maximum atomic E-state index is 10.3. The highest BCUT2D eigenvalue weighted by Gasteiger charge is 2.23. The fourth-order valence-electron chi connectivity index (χ4n) is 2.73. The third-order valence-electron chi connectivity index (χ3n) is 3.83. The Kier molecular flexibility index (Phi) is 6.12. The van der Waals surface area contributed by atoms with Gasteiger partial charge in [0.2, 0.25) is 0 Å². The van der Waals surface area contributed by atoms with Gasteiger partial charge in [-0.15, -0.1) is 0 Å². The summed E-state index contributed by atoms with van der Waals surface area (Å²) < 4.78 is 5.19. The molecule has 1 aliphatic heterocycles. The van der Waals surface area contributed by atoms with E-state index in [1.807, 2.05) is 12.1 Å². The molecule has 0 aliphatic carbocycles. The molecule has 1 aliphatic rings. The Bertz CT molecular complexity index is 442. The first-order valence-corrected chi connectivity index (χ1v) is 7.70. The number of halogens is 2. The average molecular weight is 318 g/mol. The van der Waals surface area contributed by atoms with E-state index in [-0.39, 0.29) is 0 Å². The van der Waals surface area contributed by atoms with Crippen molar-refractivity contribution in [1.29, 1.82) is 0 Å². The summed E-state index contributed by atoms with van der Waals surface area (Å²) in [7, 11) is 1.74. The lowest BCUT2D eigenvalue weighted by molar-refractivity contribution is 0.137. The standard InChI is InChI=1S/C15H21Cl2NO2/c1-20-10-11-5-7-18(9-11)8-6-14(19)12-3-2-4-13(16)15(12)17/h2-4,11,14,19H,5-10H2,1H3. The fourth-order valence-corrected chi connectivity index (χ4v) is 3.16. The van der Waals surface area contributed by atoms with Crippen molar-refractivity contribution < 1.29 is 9.84 Å². The second-order valence-corrected chi connectivity index (χ2v) is 6.14. The van der Waals surface area contributed by atoms with Crippen LogP contribution < -0.4 is 0 Å². The highest BCUT2D eigenvalue weighted by Crippen LogP contribution is 2.31. The SMILES string of the molecule is COCC1CCN(CCC(O)c2cccc(Cl)c2Cl)C1. The van der Waals surface area contributed by atoms with Gasteiger partial charge in [-0.05, 0) is 31.4 Å². The van der Waals surface area contributed by atoms with Gasteiger partial charge in [-0.3, -0.25) is 0 Å². The van der Waals surface area contributed by atoms with Gasteiger partial charge in [0.15, 0.2) is 0 Å². The molecule has 1 N–H and O–H groups in total. The molecule has 0 bridgehead atoms. The molecule has 0 aromatic heterocycles. The van der Waals surface area contributed by atoms with Crippen molar-refractivity contribution in [3.05, 3.63) is 33.8 Å². The zero-order valence-corrected chi connectivity index (χ0v) is 13.2. The molecule has 20 heavy (non-hydrogen) atoms. The Morgan fingerprint density at radius 2 is 2.25 bits per heavy atom. The predicted octanol–water partition coefficient (Wildman–Crippen LogP) is 3.39. The van der Waals surface area contributed by atoms with Gasteiger partial charge < -0.3 is 14.7 Å². The second kappa shape index (κ2) is 7.62. The monoisotopic (exact) mass is 317 g/mol. The molecule has 0 saturated carbocycles. The van der Waals surface area contributed by atoms with E-state index in [9.17, 15) is 5.11 Å². The van der Waals surface area contributed by atoms with Crippen LogP contribution in [0.25, 0.3) is 0 Å². The number of likely N-dealkylation sites (tertiary alicyclic amines) is 1. The Morgan fingerprint density at radius 1 is 1.45 bits per heavy atom. The fraction of sp³-hybridized carbons (Fsp3) is 0.600. The molecule has 0 radical (unpaired) electrons. The van der Waals surface area contributed by atoms with Crippen molar-refractivity contribution in [2.75, 3.05) is 33.4 Å². The van der Waals surface area contributed by atoms with Crippen LogP contribution >= 0.6 is 23.2 Å². The van der Waals surface area contributed by atoms with Crippen LogP contribution in [-0.4, -0.2) is 43.4 Å². The molecule has 2 unspecified atom stereocenters. The minimum Gasteiger partial charge on any atom is -0.388 e. The maximum Gasteiger partial charge on any atom is 0.0817 e. The van der Waals surface area contributed by atoms with Gasteiger partial charge in [0.25, 0.3) is 0 Å². The van der Waals surface area contributed by atoms with E-state index in [0.29, 0.717) is 27.9 Å². The van der Waals surface area contributed by atoms with Crippen molar-refractivity contribution in [2.24, 2.45) is 5.92 Å². The van der Waals surface area contributed by atoms with Gasteiger partial charge in [0.05, 0.1) is 22.8 Å². The first kappa shape index (κ1) is 16.1. The molecule has 2 rings (SSSR count). The maximum absolute atomic E-state index is 10.3. The van der Waals surface area contributed by atoms with E-state index in [1.165, 1.54) is 6.42 Å². The average Bonchev–Trinajstić information content (AvgIpc) is 2.87. The third-order valence-corrected chi connectivity index (χ3v) is 4.67. The van der Waals surface area contributed by atoms with Crippen molar-refractivity contribution in [3.63, 3.8) is 0 Å². The summed E-state index contributed by atoms with van der Waals surface area (Å²) in [5.74, 6) is 0.618. The van der Waals surface area contributed by atoms with Gasteiger partial charge in [-0.2, -0.15) is 0 Å². The van der Waals surface area contributed by atoms with Crippen molar-refractivity contribution in [3.8, 4) is 0 Å². The normalized spacial score (nSPS) is 21.3. The van der Waals surface area contributed by atoms with Crippen molar-refractivity contribution >= 4 is 23.2 Å². The number of rotatable bonds is 6. The van der Waals surface area contributed by atoms with Gasteiger partial charge in [0.1, 0.15) is 0 Å². The summed E-state index contributed by atoms with van der Waals surface area (Å²) in [5, 5.41) is 11.2. The molecule has 1 saturated heterocycles. The zero-order chi connectivity index (χ0) is 14.5. The molecule has 3 nitrogen and oxygen atoms in total. The first-order valence-electron chi connectivity index (χ1n) is 6.95. The summed E-state index contributed by atoms with van der Waals surface area (Å²) in [6.45, 7) is 3.80. The van der Waals surface area contributed by atoms with Crippen LogP contribution in [0.3, 0.4) is 0 Å². The summed E-state index contributed by atoms with van der Waals surface area (Å²) in [5.41, 5.74) is 0.715. The molecule has 1 heterocycles. The van der Waals surface area contributed by atoms with Crippen LogP contribution in [0, 0.1) is 5.92 Å². The molecule has 1 aromatic carbocycles. The third kappa shape index (κ3) is 4.09. The zero-order valence-electron chi connectivity index (χ0n) is 11.7. The Hall–Kier alpha value is -0.320. The summed E-state index contributed by atoms with van der Waals surface area (Å²) in [6, 6.07) is 5.38. The van der Waals surface area contributed by atoms with E-state index >= 15 is 0 Å². The summed E-state index contributed by atoms with van der Waals surface area (Å²) >= 11 is 12.1. The molecule has 1 aromatic rings. The number of hydrogen-bond acceptors (Lipinski definition) is 3. The van der Waals surface area contributed by atoms with Crippen LogP contribution in [0.4, 0.5) is 0 Å². The number of ether oxygens (including phenoxy) is 1. The number of nitrogens with zero attached hydrogens (tertiary/aromatic N) is 1. The largest absolute Gasteiger partial charge is 0.388 e. The molecule has 2 atom stereocenters. The van der Waals surface area contributed by atoms with Gasteiger partial charge in [-0.1, -0.05) is 35.3 Å². The van der Waals surface area contributed by atoms with Gasteiger partial charge in [0, 0.05) is 25.8 Å². The van der Waals surface area contributed by atoms with Crippen LogP contribution in [0.2, 0.25) is 10.0 Å². The van der Waals surface area contributed by atoms with E-state index in [1.54, 1.807) is 13.2 Å². The first-order chi connectivity index (χ1) is 9.61. The number of hydrogen-bond donors (Lipinski definition) is 1. The highest BCUT2D eigenvalue weighted by atomic mass is 35.5. The number of aliphatic hydroxyl groups is 1. The minimum absolute atomic E-state index is 0.459. The second-order valence-electron chi connectivity index (χ2n) is 5.36. The van der Waals surface area contributed by atoms with Gasteiger partial charge in [-0.25, -0.2) is 0 Å². The van der Waals surface area contributed by atoms with Crippen LogP contribution in [0.15, 0.2) is 18.2 Å². The van der Waals surface area contributed by atoms with E-state index in [2.05, 4.69) is 4.90 Å². The van der Waals surface area contributed by atoms with E-state index in [0.717, 1.165) is 26.2 Å². The molecule has 1 fully saturated rings. The van der Waals surface area contributed by atoms with Crippen LogP contribution in [-0.2, 0) is 4.74 Å². The van der Waals surface area contributed by atoms with Crippen LogP contribution in [0.5, 0.6) is 0 Å². The van der Waals surface area contributed by atoms with E-state index in [4.69, 9.17) is 27.9 Å². The summed E-state index contributed by atoms with van der Waals surface area (Å²) in [4.78, 5) is 2.37. The van der Waals surface area contributed by atoms with Crippen LogP contribution in [0.1, 0.15) is 24.5 Å². The Morgan fingerprint density at radius 3 is 3.00 bits per heavy atom. The van der Waals surface area contributed by atoms with Crippen molar-refractivity contribution in [1.82, 2.24) is 4.90 Å². The molecular weight excluding hydrogens is 297 g/mol. The Labute approximate surface area is 130 Å². The molecule has 0 amide bonds. The predicted molar refractivity (Wildman–Crippen MR) is 82.5 cm³/mol. The van der Waals surface area contributed by atoms with Crippen molar-refractivity contribution in [2.45, 2.75) is 18.9 Å². The summed E-state index contributed by atoms with van der Waals surface area (Å²) in [6.07, 6.45) is 1.27. The van der Waals surface area contributed by atoms with E-state index < -0.39 is 6.10 Å². The number of methoxy groups -OCH3 is 1. The lowest BCUT2D eigenvalue weighted by Crippen LogP contribution is -2.24. The Balaban J connectivity index is 1.84. The topological polar surface area (TPSA) is 32.7 Å². The highest BCUT2D eigenvalue weighted by molar-refractivity contribution is 6.42. The quantitative estimate of drug-likeness (QED) is 0.873. The molecule has 5 heteroatoms. The molecular formula is C15H21Cl2NO2. The lowest BCUT2D eigenvalue weighted by Gasteiger charge is -2.19.